The Morgan fingerprint density at radius 3 is 2.82 bits per heavy atom. The molecule has 0 bridgehead atoms. The van der Waals surface area contributed by atoms with Crippen molar-refractivity contribution in [3.05, 3.63) is 24.3 Å². The largest absolute Gasteiger partial charge is 0.365 e. The first-order valence-electron chi connectivity index (χ1n) is 4.31. The van der Waals surface area contributed by atoms with Gasteiger partial charge in [-0.3, -0.25) is 0 Å². The molecule has 0 aromatic carbocycles. The smallest absolute Gasteiger partial charge is 0.103 e. The van der Waals surface area contributed by atoms with Crippen molar-refractivity contribution < 1.29 is 4.74 Å². The fourth-order valence-corrected chi connectivity index (χ4v) is 1.10. The SMILES string of the molecule is CC=CC1OC1CC=CCC. The third-order valence-electron chi connectivity index (χ3n) is 1.77. The summed E-state index contributed by atoms with van der Waals surface area (Å²) in [6, 6.07) is 0. The predicted octanol–water partition coefficient (Wildman–Crippen LogP) is 2.69. The van der Waals surface area contributed by atoms with E-state index in [0.717, 1.165) is 12.8 Å². The molecule has 1 nitrogen and oxygen atoms in total. The standard InChI is InChI=1S/C10H16O/c1-3-5-6-8-10-9(11-10)7-4-2/h4-7,9-10H,3,8H2,1-2H3. The first-order valence-corrected chi connectivity index (χ1v) is 4.31. The monoisotopic (exact) mass is 152 g/mol. The number of ether oxygens (including phenoxy) is 1. The Balaban J connectivity index is 2.08. The Hall–Kier alpha value is -0.560. The molecule has 11 heavy (non-hydrogen) atoms. The molecular weight excluding hydrogens is 136 g/mol. The third kappa shape index (κ3) is 2.89. The van der Waals surface area contributed by atoms with Gasteiger partial charge in [0.05, 0.1) is 6.10 Å². The Labute approximate surface area is 68.8 Å². The molecule has 1 aliphatic heterocycles. The molecule has 0 aromatic rings. The first-order chi connectivity index (χ1) is 5.38. The molecule has 1 heteroatoms. The van der Waals surface area contributed by atoms with Gasteiger partial charge in [0.25, 0.3) is 0 Å². The molecular formula is C10H16O. The number of hydrogen-bond acceptors (Lipinski definition) is 1. The molecule has 1 aliphatic rings. The summed E-state index contributed by atoms with van der Waals surface area (Å²) >= 11 is 0. The lowest BCUT2D eigenvalue weighted by Gasteiger charge is -1.82. The summed E-state index contributed by atoms with van der Waals surface area (Å²) in [4.78, 5) is 0. The Kier molecular flexibility index (Phi) is 3.37. The topological polar surface area (TPSA) is 12.5 Å². The van der Waals surface area contributed by atoms with Gasteiger partial charge in [0.15, 0.2) is 0 Å². The fourth-order valence-electron chi connectivity index (χ4n) is 1.10. The normalized spacial score (nSPS) is 30.4. The zero-order chi connectivity index (χ0) is 8.10. The summed E-state index contributed by atoms with van der Waals surface area (Å²) in [6.07, 6.45) is 11.6. The van der Waals surface area contributed by atoms with E-state index in [-0.39, 0.29) is 0 Å². The van der Waals surface area contributed by atoms with Gasteiger partial charge in [-0.1, -0.05) is 31.2 Å². The quantitative estimate of drug-likeness (QED) is 0.445. The van der Waals surface area contributed by atoms with Crippen molar-refractivity contribution in [2.45, 2.75) is 38.9 Å². The van der Waals surface area contributed by atoms with Crippen molar-refractivity contribution in [2.24, 2.45) is 0 Å². The lowest BCUT2D eigenvalue weighted by Crippen LogP contribution is -1.86. The van der Waals surface area contributed by atoms with Crippen molar-refractivity contribution >= 4 is 0 Å². The lowest BCUT2D eigenvalue weighted by molar-refractivity contribution is 0.390. The average molecular weight is 152 g/mol. The van der Waals surface area contributed by atoms with Crippen LogP contribution in [0.25, 0.3) is 0 Å². The van der Waals surface area contributed by atoms with Crippen molar-refractivity contribution in [2.75, 3.05) is 0 Å². The van der Waals surface area contributed by atoms with E-state index in [9.17, 15) is 0 Å². The maximum absolute atomic E-state index is 5.37. The van der Waals surface area contributed by atoms with Gasteiger partial charge in [0.1, 0.15) is 6.10 Å². The minimum absolute atomic E-state index is 0.404. The second kappa shape index (κ2) is 4.35. The van der Waals surface area contributed by atoms with Crippen molar-refractivity contribution in [1.29, 1.82) is 0 Å². The van der Waals surface area contributed by atoms with Crippen LogP contribution in [0.5, 0.6) is 0 Å². The van der Waals surface area contributed by atoms with Crippen LogP contribution in [0.3, 0.4) is 0 Å². The van der Waals surface area contributed by atoms with E-state index in [1.165, 1.54) is 0 Å². The zero-order valence-corrected chi connectivity index (χ0v) is 7.29. The molecule has 1 heterocycles. The van der Waals surface area contributed by atoms with Gasteiger partial charge >= 0.3 is 0 Å². The maximum atomic E-state index is 5.37. The van der Waals surface area contributed by atoms with Crippen molar-refractivity contribution in [1.82, 2.24) is 0 Å². The second-order valence-electron chi connectivity index (χ2n) is 2.78. The van der Waals surface area contributed by atoms with Crippen LogP contribution in [0.15, 0.2) is 24.3 Å². The van der Waals surface area contributed by atoms with E-state index in [1.54, 1.807) is 0 Å². The molecule has 0 aliphatic carbocycles. The van der Waals surface area contributed by atoms with Crippen molar-refractivity contribution in [3.8, 4) is 0 Å². The van der Waals surface area contributed by atoms with Crippen LogP contribution >= 0.6 is 0 Å². The summed E-state index contributed by atoms with van der Waals surface area (Å²) < 4.78 is 5.37. The Morgan fingerprint density at radius 2 is 2.18 bits per heavy atom. The molecule has 2 atom stereocenters. The van der Waals surface area contributed by atoms with Gasteiger partial charge < -0.3 is 4.74 Å². The van der Waals surface area contributed by atoms with E-state index >= 15 is 0 Å². The number of epoxide rings is 1. The van der Waals surface area contributed by atoms with Gasteiger partial charge in [-0.2, -0.15) is 0 Å². The van der Waals surface area contributed by atoms with Crippen LogP contribution in [0.2, 0.25) is 0 Å². The molecule has 0 saturated carbocycles. The lowest BCUT2D eigenvalue weighted by atomic mass is 10.2. The summed E-state index contributed by atoms with van der Waals surface area (Å²) in [5, 5.41) is 0. The van der Waals surface area contributed by atoms with Crippen LogP contribution in [0.4, 0.5) is 0 Å². The van der Waals surface area contributed by atoms with Crippen LogP contribution in [-0.4, -0.2) is 12.2 Å². The van der Waals surface area contributed by atoms with Crippen LogP contribution in [-0.2, 0) is 4.74 Å². The highest BCUT2D eigenvalue weighted by atomic mass is 16.6. The first kappa shape index (κ1) is 8.54. The van der Waals surface area contributed by atoms with Gasteiger partial charge in [0, 0.05) is 0 Å². The van der Waals surface area contributed by atoms with Gasteiger partial charge in [0.2, 0.25) is 0 Å². The second-order valence-corrected chi connectivity index (χ2v) is 2.78. The predicted molar refractivity (Wildman–Crippen MR) is 47.5 cm³/mol. The molecule has 1 fully saturated rings. The highest BCUT2D eigenvalue weighted by Crippen LogP contribution is 2.26. The summed E-state index contributed by atoms with van der Waals surface area (Å²) in [5.41, 5.74) is 0. The highest BCUT2D eigenvalue weighted by Gasteiger charge is 2.34. The number of allylic oxidation sites excluding steroid dienone is 2. The van der Waals surface area contributed by atoms with E-state index in [4.69, 9.17) is 4.74 Å². The van der Waals surface area contributed by atoms with Crippen molar-refractivity contribution in [3.63, 3.8) is 0 Å². The minimum Gasteiger partial charge on any atom is -0.365 e. The van der Waals surface area contributed by atoms with Gasteiger partial charge in [-0.25, -0.2) is 0 Å². The maximum Gasteiger partial charge on any atom is 0.103 e. The molecule has 0 amide bonds. The van der Waals surface area contributed by atoms with E-state index < -0.39 is 0 Å². The highest BCUT2D eigenvalue weighted by molar-refractivity contribution is 5.04. The molecule has 2 unspecified atom stereocenters. The average Bonchev–Trinajstić information content (AvgIpc) is 2.70. The minimum atomic E-state index is 0.404. The third-order valence-corrected chi connectivity index (χ3v) is 1.77. The van der Waals surface area contributed by atoms with E-state index in [1.807, 2.05) is 13.0 Å². The fraction of sp³-hybridized carbons (Fsp3) is 0.600. The molecule has 0 spiro atoms. The summed E-state index contributed by atoms with van der Waals surface area (Å²) in [5.74, 6) is 0. The van der Waals surface area contributed by atoms with Gasteiger partial charge in [-0.05, 0) is 19.8 Å². The van der Waals surface area contributed by atoms with Crippen LogP contribution < -0.4 is 0 Å². The van der Waals surface area contributed by atoms with Crippen LogP contribution in [0, 0.1) is 0 Å². The zero-order valence-electron chi connectivity index (χ0n) is 7.29. The van der Waals surface area contributed by atoms with Gasteiger partial charge in [-0.15, -0.1) is 0 Å². The molecule has 62 valence electrons. The van der Waals surface area contributed by atoms with E-state index in [0.29, 0.717) is 12.2 Å². The molecule has 1 rings (SSSR count). The van der Waals surface area contributed by atoms with E-state index in [2.05, 4.69) is 25.2 Å². The Morgan fingerprint density at radius 1 is 1.36 bits per heavy atom. The number of hydrogen-bond donors (Lipinski definition) is 0. The summed E-state index contributed by atoms with van der Waals surface area (Å²) in [7, 11) is 0. The van der Waals surface area contributed by atoms with Crippen LogP contribution in [0.1, 0.15) is 26.7 Å². The molecule has 0 radical (unpaired) electrons. The molecule has 0 N–H and O–H groups in total. The summed E-state index contributed by atoms with van der Waals surface area (Å²) in [6.45, 7) is 4.17. The Bertz CT molecular complexity index is 158. The molecule has 0 aromatic heterocycles. The number of rotatable bonds is 4. The molecule has 1 saturated heterocycles.